The lowest BCUT2D eigenvalue weighted by atomic mass is 10.1. The summed E-state index contributed by atoms with van der Waals surface area (Å²) in [6.45, 7) is 0. The Morgan fingerprint density at radius 1 is 1.12 bits per heavy atom. The molecule has 8 heteroatoms. The molecule has 0 spiro atoms. The molecule has 0 aliphatic rings. The summed E-state index contributed by atoms with van der Waals surface area (Å²) in [6.07, 6.45) is -4.43. The molecule has 0 amide bonds. The molecular formula is C17H10BrF3N4. The van der Waals surface area contributed by atoms with E-state index in [-0.39, 0.29) is 17.1 Å². The molecule has 0 saturated carbocycles. The Morgan fingerprint density at radius 3 is 2.36 bits per heavy atom. The molecule has 4 nitrogen and oxygen atoms in total. The van der Waals surface area contributed by atoms with Gasteiger partial charge in [-0.15, -0.1) is 0 Å². The molecule has 2 aromatic carbocycles. The van der Waals surface area contributed by atoms with Gasteiger partial charge in [-0.25, -0.2) is 4.68 Å². The van der Waals surface area contributed by atoms with Crippen molar-refractivity contribution in [2.45, 2.75) is 6.18 Å². The van der Waals surface area contributed by atoms with Crippen LogP contribution < -0.4 is 5.73 Å². The highest BCUT2D eigenvalue weighted by molar-refractivity contribution is 9.10. The van der Waals surface area contributed by atoms with Crippen LogP contribution in [0.15, 0.2) is 53.0 Å². The van der Waals surface area contributed by atoms with E-state index in [1.807, 2.05) is 12.1 Å². The number of nitrogens with two attached hydrogens (primary N) is 1. The van der Waals surface area contributed by atoms with Crippen LogP contribution in [-0.4, -0.2) is 9.78 Å². The second-order valence-electron chi connectivity index (χ2n) is 5.19. The van der Waals surface area contributed by atoms with E-state index in [1.54, 1.807) is 18.2 Å². The van der Waals surface area contributed by atoms with Crippen molar-refractivity contribution in [2.24, 2.45) is 0 Å². The Hall–Kier alpha value is -2.79. The Balaban J connectivity index is 2.12. The number of hydrogen-bond donors (Lipinski definition) is 1. The predicted molar refractivity (Wildman–Crippen MR) is 90.8 cm³/mol. The Kier molecular flexibility index (Phi) is 4.27. The minimum atomic E-state index is -4.43. The van der Waals surface area contributed by atoms with E-state index in [0.717, 1.165) is 16.6 Å². The maximum absolute atomic E-state index is 12.7. The number of aromatic nitrogens is 2. The summed E-state index contributed by atoms with van der Waals surface area (Å²) in [7, 11) is 0. The normalized spacial score (nSPS) is 11.3. The Bertz CT molecular complexity index is 969. The van der Waals surface area contributed by atoms with Gasteiger partial charge in [0.15, 0.2) is 0 Å². The summed E-state index contributed by atoms with van der Waals surface area (Å²) in [5.41, 5.74) is 6.59. The lowest BCUT2D eigenvalue weighted by Gasteiger charge is -2.06. The summed E-state index contributed by atoms with van der Waals surface area (Å²) in [4.78, 5) is 0. The van der Waals surface area contributed by atoms with Crippen molar-refractivity contribution in [2.75, 3.05) is 5.73 Å². The van der Waals surface area contributed by atoms with Crippen molar-refractivity contribution in [3.63, 3.8) is 0 Å². The molecule has 0 atom stereocenters. The van der Waals surface area contributed by atoms with Crippen LogP contribution in [0.5, 0.6) is 0 Å². The smallest absolute Gasteiger partial charge is 0.382 e. The van der Waals surface area contributed by atoms with Gasteiger partial charge in [-0.2, -0.15) is 23.5 Å². The van der Waals surface area contributed by atoms with Crippen LogP contribution in [-0.2, 0) is 6.18 Å². The highest BCUT2D eigenvalue weighted by Gasteiger charge is 2.30. The van der Waals surface area contributed by atoms with Gasteiger partial charge in [0.2, 0.25) is 0 Å². The third-order valence-electron chi connectivity index (χ3n) is 3.57. The van der Waals surface area contributed by atoms with E-state index in [1.165, 1.54) is 16.8 Å². The standard InChI is InChI=1S/C17H10BrF3N4/c18-12-2-1-3-13(8-12)25-16(23)14(9-22)15(24-25)10-4-6-11(7-5-10)17(19,20)21/h1-8H,23H2. The molecule has 126 valence electrons. The van der Waals surface area contributed by atoms with E-state index in [0.29, 0.717) is 11.3 Å². The van der Waals surface area contributed by atoms with E-state index in [4.69, 9.17) is 5.73 Å². The molecular weight excluding hydrogens is 397 g/mol. The highest BCUT2D eigenvalue weighted by Crippen LogP contribution is 2.33. The molecule has 0 aliphatic carbocycles. The van der Waals surface area contributed by atoms with E-state index in [2.05, 4.69) is 21.0 Å². The quantitative estimate of drug-likeness (QED) is 0.665. The topological polar surface area (TPSA) is 67.6 Å². The van der Waals surface area contributed by atoms with Crippen LogP contribution in [0, 0.1) is 11.3 Å². The number of benzene rings is 2. The predicted octanol–water partition coefficient (Wildman–Crippen LogP) is 4.77. The molecule has 0 saturated heterocycles. The fraction of sp³-hybridized carbons (Fsp3) is 0.0588. The second kappa shape index (κ2) is 6.26. The van der Waals surface area contributed by atoms with Crippen molar-refractivity contribution in [3.05, 3.63) is 64.1 Å². The van der Waals surface area contributed by atoms with Crippen LogP contribution in [0.4, 0.5) is 19.0 Å². The third kappa shape index (κ3) is 3.23. The zero-order valence-electron chi connectivity index (χ0n) is 12.5. The van der Waals surface area contributed by atoms with Gasteiger partial charge in [0.1, 0.15) is 23.1 Å². The van der Waals surface area contributed by atoms with E-state index >= 15 is 0 Å². The van der Waals surface area contributed by atoms with Gasteiger partial charge in [0.05, 0.1) is 11.3 Å². The summed E-state index contributed by atoms with van der Waals surface area (Å²) in [6, 6.07) is 13.5. The van der Waals surface area contributed by atoms with Crippen LogP contribution in [0.2, 0.25) is 0 Å². The first-order valence-electron chi connectivity index (χ1n) is 7.03. The molecule has 0 aliphatic heterocycles. The van der Waals surface area contributed by atoms with Crippen molar-refractivity contribution >= 4 is 21.7 Å². The molecule has 2 N–H and O–H groups in total. The summed E-state index contributed by atoms with van der Waals surface area (Å²) < 4.78 is 40.3. The minimum absolute atomic E-state index is 0.111. The Morgan fingerprint density at radius 2 is 1.80 bits per heavy atom. The number of nitriles is 1. The van der Waals surface area contributed by atoms with Crippen LogP contribution in [0.25, 0.3) is 16.9 Å². The molecule has 3 aromatic rings. The van der Waals surface area contributed by atoms with Crippen molar-refractivity contribution in [1.29, 1.82) is 5.26 Å². The van der Waals surface area contributed by atoms with Crippen LogP contribution in [0.3, 0.4) is 0 Å². The molecule has 3 rings (SSSR count). The molecule has 0 fully saturated rings. The van der Waals surface area contributed by atoms with Gasteiger partial charge >= 0.3 is 6.18 Å². The number of halogens is 4. The zero-order valence-corrected chi connectivity index (χ0v) is 14.1. The first-order valence-corrected chi connectivity index (χ1v) is 7.82. The summed E-state index contributed by atoms with van der Waals surface area (Å²) in [5, 5.41) is 13.7. The van der Waals surface area contributed by atoms with Gasteiger partial charge in [-0.1, -0.05) is 34.1 Å². The third-order valence-corrected chi connectivity index (χ3v) is 4.06. The van der Waals surface area contributed by atoms with Crippen molar-refractivity contribution in [3.8, 4) is 23.0 Å². The maximum atomic E-state index is 12.7. The molecule has 0 unspecified atom stereocenters. The van der Waals surface area contributed by atoms with Gasteiger partial charge in [-0.3, -0.25) is 0 Å². The van der Waals surface area contributed by atoms with Gasteiger partial charge in [0, 0.05) is 10.0 Å². The minimum Gasteiger partial charge on any atom is -0.382 e. The SMILES string of the molecule is N#Cc1c(-c2ccc(C(F)(F)F)cc2)nn(-c2cccc(Br)c2)c1N. The number of hydrogen-bond acceptors (Lipinski definition) is 3. The number of rotatable bonds is 2. The molecule has 25 heavy (non-hydrogen) atoms. The monoisotopic (exact) mass is 406 g/mol. The van der Waals surface area contributed by atoms with E-state index in [9.17, 15) is 18.4 Å². The van der Waals surface area contributed by atoms with Crippen molar-refractivity contribution < 1.29 is 13.2 Å². The molecule has 0 bridgehead atoms. The fourth-order valence-electron chi connectivity index (χ4n) is 2.37. The number of nitrogens with zero attached hydrogens (tertiary/aromatic N) is 3. The average Bonchev–Trinajstić information content (AvgIpc) is 2.91. The average molecular weight is 407 g/mol. The molecule has 1 aromatic heterocycles. The zero-order chi connectivity index (χ0) is 18.2. The molecule has 1 heterocycles. The number of nitrogen functional groups attached to an aromatic ring is 1. The van der Waals surface area contributed by atoms with E-state index < -0.39 is 11.7 Å². The maximum Gasteiger partial charge on any atom is 0.416 e. The van der Waals surface area contributed by atoms with Gasteiger partial charge in [0.25, 0.3) is 0 Å². The largest absolute Gasteiger partial charge is 0.416 e. The van der Waals surface area contributed by atoms with Crippen molar-refractivity contribution in [1.82, 2.24) is 9.78 Å². The lowest BCUT2D eigenvalue weighted by molar-refractivity contribution is -0.137. The van der Waals surface area contributed by atoms with Gasteiger partial charge < -0.3 is 5.73 Å². The highest BCUT2D eigenvalue weighted by atomic mass is 79.9. The summed E-state index contributed by atoms with van der Waals surface area (Å²) in [5.74, 6) is 0.121. The lowest BCUT2D eigenvalue weighted by Crippen LogP contribution is -2.04. The van der Waals surface area contributed by atoms with Crippen LogP contribution in [0.1, 0.15) is 11.1 Å². The van der Waals surface area contributed by atoms with Crippen LogP contribution >= 0.6 is 15.9 Å². The first-order chi connectivity index (χ1) is 11.8. The summed E-state index contributed by atoms with van der Waals surface area (Å²) >= 11 is 3.34. The van der Waals surface area contributed by atoms with Gasteiger partial charge in [-0.05, 0) is 30.3 Å². The Labute approximate surface area is 149 Å². The second-order valence-corrected chi connectivity index (χ2v) is 6.10. The number of anilines is 1. The number of alkyl halides is 3. The fourth-order valence-corrected chi connectivity index (χ4v) is 2.75. The molecule has 0 radical (unpaired) electrons. The first kappa shape index (κ1) is 17.0.